The molecule has 0 saturated carbocycles. The molecular weight excluding hydrogens is 1020 g/mol. The summed E-state index contributed by atoms with van der Waals surface area (Å²) in [6.07, 6.45) is 91.7. The first-order valence-corrected chi connectivity index (χ1v) is 38.5. The molecule has 2 unspecified atom stereocenters. The lowest BCUT2D eigenvalue weighted by atomic mass is 10.0. The van der Waals surface area contributed by atoms with Gasteiger partial charge in [0.2, 0.25) is 5.91 Å². The Bertz CT molecular complexity index is 1260. The molecule has 0 aromatic rings. The average molecular weight is 1170 g/mol. The number of hydrogen-bond acceptors (Lipinski definition) is 5. The molecule has 0 aliphatic carbocycles. The number of allylic oxidation sites excluding steroid dienone is 1. The Morgan fingerprint density at radius 3 is 0.819 bits per heavy atom. The van der Waals surface area contributed by atoms with Gasteiger partial charge < -0.3 is 20.3 Å². The Labute approximate surface area is 520 Å². The Hall–Kier alpha value is -1.40. The van der Waals surface area contributed by atoms with Crippen molar-refractivity contribution in [3.05, 3.63) is 12.2 Å². The second kappa shape index (κ2) is 73.1. The fraction of sp³-hybridized carbons (Fsp3) is 0.948. The summed E-state index contributed by atoms with van der Waals surface area (Å²) in [6.45, 7) is 4.96. The van der Waals surface area contributed by atoms with E-state index in [9.17, 15) is 19.8 Å². The zero-order chi connectivity index (χ0) is 59.9. The third-order valence-corrected chi connectivity index (χ3v) is 18.3. The number of rotatable bonds is 73. The van der Waals surface area contributed by atoms with Crippen LogP contribution < -0.4 is 5.32 Å². The quantitative estimate of drug-likeness (QED) is 0.0320. The number of amides is 1. The molecule has 83 heavy (non-hydrogen) atoms. The molecule has 0 aromatic heterocycles. The van der Waals surface area contributed by atoms with Gasteiger partial charge in [-0.3, -0.25) is 9.59 Å². The fourth-order valence-corrected chi connectivity index (χ4v) is 12.5. The summed E-state index contributed by atoms with van der Waals surface area (Å²) in [5, 5.41) is 23.3. The minimum absolute atomic E-state index is 0.0202. The van der Waals surface area contributed by atoms with E-state index in [2.05, 4.69) is 19.2 Å². The predicted molar refractivity (Wildman–Crippen MR) is 366 cm³/mol. The number of aliphatic hydroxyl groups excluding tert-OH is 2. The van der Waals surface area contributed by atoms with Gasteiger partial charge in [-0.15, -0.1) is 0 Å². The second-order valence-electron chi connectivity index (χ2n) is 26.7. The molecule has 0 aromatic carbocycles. The number of carbonyl (C=O) groups excluding carboxylic acids is 2. The molecule has 0 spiro atoms. The summed E-state index contributed by atoms with van der Waals surface area (Å²) in [7, 11) is 0. The SMILES string of the molecule is CCCCCCCCCCCCCCCCCCCCCCCC/C=C/C(O)C(CO)NC(=O)CCCCCCCCCCCCCCCCCCCCCCCCCOC(=O)CCCCCCCCCCCCCCCCCCCCC. The highest BCUT2D eigenvalue weighted by Gasteiger charge is 2.18. The first kappa shape index (κ1) is 81.6. The van der Waals surface area contributed by atoms with Crippen LogP contribution in [0.4, 0.5) is 0 Å². The van der Waals surface area contributed by atoms with Gasteiger partial charge in [0.1, 0.15) is 0 Å². The Kier molecular flexibility index (Phi) is 71.8. The third-order valence-electron chi connectivity index (χ3n) is 18.3. The summed E-state index contributed by atoms with van der Waals surface area (Å²) in [6, 6.07) is -0.628. The maximum absolute atomic E-state index is 12.5. The molecule has 2 atom stereocenters. The lowest BCUT2D eigenvalue weighted by Crippen LogP contribution is -2.45. The molecule has 6 nitrogen and oxygen atoms in total. The number of unbranched alkanes of at least 4 members (excludes halogenated alkanes) is 62. The normalized spacial score (nSPS) is 12.5. The largest absolute Gasteiger partial charge is 0.466 e. The van der Waals surface area contributed by atoms with Crippen LogP contribution in [0, 0.1) is 0 Å². The molecule has 1 amide bonds. The fourth-order valence-electron chi connectivity index (χ4n) is 12.5. The van der Waals surface area contributed by atoms with E-state index >= 15 is 0 Å². The molecule has 0 rings (SSSR count). The van der Waals surface area contributed by atoms with E-state index in [1.807, 2.05) is 6.08 Å². The van der Waals surface area contributed by atoms with E-state index in [1.54, 1.807) is 6.08 Å². The molecule has 0 radical (unpaired) electrons. The zero-order valence-corrected chi connectivity index (χ0v) is 56.7. The zero-order valence-electron chi connectivity index (χ0n) is 56.7. The van der Waals surface area contributed by atoms with E-state index in [1.165, 1.54) is 379 Å². The number of aliphatic hydroxyl groups is 2. The van der Waals surface area contributed by atoms with Gasteiger partial charge in [-0.2, -0.15) is 0 Å². The van der Waals surface area contributed by atoms with Gasteiger partial charge in [0.15, 0.2) is 0 Å². The van der Waals surface area contributed by atoms with Crippen molar-refractivity contribution < 1.29 is 24.5 Å². The lowest BCUT2D eigenvalue weighted by Gasteiger charge is -2.20. The Morgan fingerprint density at radius 2 is 0.554 bits per heavy atom. The Morgan fingerprint density at radius 1 is 0.325 bits per heavy atom. The molecule has 0 heterocycles. The third kappa shape index (κ3) is 69.6. The van der Waals surface area contributed by atoms with Crippen molar-refractivity contribution in [2.75, 3.05) is 13.2 Å². The van der Waals surface area contributed by atoms with Crippen LogP contribution in [0.5, 0.6) is 0 Å². The smallest absolute Gasteiger partial charge is 0.305 e. The number of nitrogens with one attached hydrogen (secondary N) is 1. The van der Waals surface area contributed by atoms with Crippen LogP contribution in [0.3, 0.4) is 0 Å². The van der Waals surface area contributed by atoms with Crippen LogP contribution in [-0.2, 0) is 14.3 Å². The van der Waals surface area contributed by atoms with Gasteiger partial charge in [-0.25, -0.2) is 0 Å². The predicted octanol–water partition coefficient (Wildman–Crippen LogP) is 25.1. The first-order valence-electron chi connectivity index (χ1n) is 38.5. The van der Waals surface area contributed by atoms with Crippen molar-refractivity contribution in [3.8, 4) is 0 Å². The van der Waals surface area contributed by atoms with Crippen molar-refractivity contribution >= 4 is 11.9 Å². The van der Waals surface area contributed by atoms with Gasteiger partial charge in [-0.1, -0.05) is 411 Å². The minimum atomic E-state index is -0.845. The average Bonchev–Trinajstić information content (AvgIpc) is 3.49. The molecule has 494 valence electrons. The van der Waals surface area contributed by atoms with E-state index < -0.39 is 12.1 Å². The Balaban J connectivity index is 3.37. The van der Waals surface area contributed by atoms with Crippen LogP contribution in [0.15, 0.2) is 12.2 Å². The first-order chi connectivity index (χ1) is 41.0. The topological polar surface area (TPSA) is 95.9 Å². The van der Waals surface area contributed by atoms with E-state index in [4.69, 9.17) is 4.74 Å². The van der Waals surface area contributed by atoms with E-state index in [-0.39, 0.29) is 18.5 Å². The number of esters is 1. The summed E-state index contributed by atoms with van der Waals surface area (Å²) in [5.41, 5.74) is 0. The highest BCUT2D eigenvalue weighted by atomic mass is 16.5. The summed E-state index contributed by atoms with van der Waals surface area (Å²) >= 11 is 0. The van der Waals surface area contributed by atoms with Gasteiger partial charge in [0, 0.05) is 12.8 Å². The van der Waals surface area contributed by atoms with Crippen molar-refractivity contribution in [3.63, 3.8) is 0 Å². The lowest BCUT2D eigenvalue weighted by molar-refractivity contribution is -0.143. The molecule has 3 N–H and O–H groups in total. The molecule has 0 aliphatic rings. The van der Waals surface area contributed by atoms with E-state index in [0.717, 1.165) is 38.5 Å². The molecule has 0 aliphatic heterocycles. The van der Waals surface area contributed by atoms with Crippen LogP contribution in [0.25, 0.3) is 0 Å². The number of ether oxygens (including phenoxy) is 1. The summed E-state index contributed by atoms with van der Waals surface area (Å²) in [5.74, 6) is -0.0416. The molecule has 0 bridgehead atoms. The standard InChI is InChI=1S/C77H151NO5/c1-3-5-7-9-11-13-15-17-19-21-23-24-25-27-30-34-37-41-45-49-53-57-61-65-69-75(80)74(73-79)78-76(81)70-66-62-58-54-50-46-42-38-35-31-28-26-29-32-36-40-44-48-52-56-60-64-68-72-83-77(82)71-67-63-59-55-51-47-43-39-33-22-20-18-16-14-12-10-8-6-4-2/h65,69,74-75,79-80H,3-64,66-68,70-73H2,1-2H3,(H,78,81)/b69-65+. The number of hydrogen-bond donors (Lipinski definition) is 3. The highest BCUT2D eigenvalue weighted by molar-refractivity contribution is 5.76. The van der Waals surface area contributed by atoms with Gasteiger partial charge in [-0.05, 0) is 32.1 Å². The molecule has 0 saturated heterocycles. The van der Waals surface area contributed by atoms with E-state index in [0.29, 0.717) is 19.4 Å². The molecule has 6 heteroatoms. The van der Waals surface area contributed by atoms with Crippen molar-refractivity contribution in [1.29, 1.82) is 0 Å². The van der Waals surface area contributed by atoms with Crippen molar-refractivity contribution in [2.45, 2.75) is 456 Å². The van der Waals surface area contributed by atoms with Crippen LogP contribution in [-0.4, -0.2) is 47.4 Å². The van der Waals surface area contributed by atoms with Crippen LogP contribution >= 0.6 is 0 Å². The maximum Gasteiger partial charge on any atom is 0.305 e. The number of carbonyl (C=O) groups is 2. The monoisotopic (exact) mass is 1170 g/mol. The van der Waals surface area contributed by atoms with Gasteiger partial charge in [0.05, 0.1) is 25.4 Å². The van der Waals surface area contributed by atoms with Crippen molar-refractivity contribution in [2.24, 2.45) is 0 Å². The summed E-state index contributed by atoms with van der Waals surface area (Å²) < 4.78 is 5.52. The van der Waals surface area contributed by atoms with Crippen LogP contribution in [0.2, 0.25) is 0 Å². The van der Waals surface area contributed by atoms with Gasteiger partial charge >= 0.3 is 5.97 Å². The van der Waals surface area contributed by atoms with Crippen LogP contribution in [0.1, 0.15) is 444 Å². The second-order valence-corrected chi connectivity index (χ2v) is 26.7. The maximum atomic E-state index is 12.5. The van der Waals surface area contributed by atoms with Crippen molar-refractivity contribution in [1.82, 2.24) is 5.32 Å². The summed E-state index contributed by atoms with van der Waals surface area (Å²) in [4.78, 5) is 24.7. The molecule has 0 fully saturated rings. The highest BCUT2D eigenvalue weighted by Crippen LogP contribution is 2.20. The minimum Gasteiger partial charge on any atom is -0.466 e. The molecular formula is C77H151NO5. The van der Waals surface area contributed by atoms with Gasteiger partial charge in [0.25, 0.3) is 0 Å².